The smallest absolute Gasteiger partial charge is 0.133 e. The fraction of sp³-hybridized carbons (Fsp3) is 0.667. The number of hydrogen-bond donors (Lipinski definition) is 1. The summed E-state index contributed by atoms with van der Waals surface area (Å²) in [6.07, 6.45) is 8.24. The second-order valence-electron chi connectivity index (χ2n) is 6.75. The van der Waals surface area contributed by atoms with E-state index in [1.807, 2.05) is 0 Å². The highest BCUT2D eigenvalue weighted by Gasteiger charge is 2.14. The van der Waals surface area contributed by atoms with Gasteiger partial charge >= 0.3 is 0 Å². The summed E-state index contributed by atoms with van der Waals surface area (Å²) in [5.74, 6) is 1.59. The Balaban J connectivity index is 2.51. The molecule has 0 aliphatic heterocycles. The van der Waals surface area contributed by atoms with Gasteiger partial charge in [0.15, 0.2) is 0 Å². The van der Waals surface area contributed by atoms with Gasteiger partial charge in [0.1, 0.15) is 5.78 Å². The maximum atomic E-state index is 12.1. The van der Waals surface area contributed by atoms with Crippen molar-refractivity contribution >= 4 is 5.78 Å². The Morgan fingerprint density at radius 2 is 1.87 bits per heavy atom. The maximum Gasteiger partial charge on any atom is 0.133 e. The molecule has 0 bridgehead atoms. The van der Waals surface area contributed by atoms with Crippen LogP contribution in [0.5, 0.6) is 0 Å². The Labute approximate surface area is 142 Å². The fourth-order valence-electron chi connectivity index (χ4n) is 3.35. The zero-order valence-corrected chi connectivity index (χ0v) is 15.3. The molecule has 0 radical (unpaired) electrons. The van der Waals surface area contributed by atoms with Crippen LogP contribution in [0, 0.1) is 5.92 Å². The first-order valence-corrected chi connectivity index (χ1v) is 9.45. The summed E-state index contributed by atoms with van der Waals surface area (Å²) in [6, 6.07) is 8.65. The standard InChI is InChI=1S/C21H35NO/c1-4-9-19(20-12-7-10-18(14-20)16-22)11-8-13-21(23)15-17(5-2)6-3/h7,10,12,14,17,19H,4-6,8-9,11,13,15-16,22H2,1-3H3. The topological polar surface area (TPSA) is 43.1 Å². The van der Waals surface area contributed by atoms with Gasteiger partial charge in [-0.25, -0.2) is 0 Å². The zero-order valence-electron chi connectivity index (χ0n) is 15.3. The fourth-order valence-corrected chi connectivity index (χ4v) is 3.35. The third kappa shape index (κ3) is 7.30. The first-order chi connectivity index (χ1) is 11.1. The second-order valence-corrected chi connectivity index (χ2v) is 6.75. The lowest BCUT2D eigenvalue weighted by Crippen LogP contribution is -2.08. The number of Topliss-reactive ketones (excluding diaryl/α,β-unsaturated/α-hetero) is 1. The van der Waals surface area contributed by atoms with E-state index in [1.54, 1.807) is 0 Å². The van der Waals surface area contributed by atoms with E-state index in [2.05, 4.69) is 45.0 Å². The SMILES string of the molecule is CCCC(CCCC(=O)CC(CC)CC)c1cccc(CN)c1. The van der Waals surface area contributed by atoms with Gasteiger partial charge in [-0.15, -0.1) is 0 Å². The van der Waals surface area contributed by atoms with Gasteiger partial charge in [-0.1, -0.05) is 64.3 Å². The van der Waals surface area contributed by atoms with E-state index in [0.717, 1.165) is 38.5 Å². The predicted molar refractivity (Wildman–Crippen MR) is 99.5 cm³/mol. The zero-order chi connectivity index (χ0) is 17.1. The molecule has 1 aromatic rings. The molecule has 0 aliphatic rings. The Morgan fingerprint density at radius 3 is 2.48 bits per heavy atom. The van der Waals surface area contributed by atoms with Gasteiger partial charge in [-0.3, -0.25) is 4.79 Å². The first kappa shape index (κ1) is 19.9. The normalized spacial score (nSPS) is 12.6. The van der Waals surface area contributed by atoms with Crippen LogP contribution >= 0.6 is 0 Å². The van der Waals surface area contributed by atoms with Crippen molar-refractivity contribution in [2.75, 3.05) is 0 Å². The Morgan fingerprint density at radius 1 is 1.13 bits per heavy atom. The van der Waals surface area contributed by atoms with Crippen molar-refractivity contribution in [3.05, 3.63) is 35.4 Å². The van der Waals surface area contributed by atoms with Crippen molar-refractivity contribution in [2.24, 2.45) is 11.7 Å². The lowest BCUT2D eigenvalue weighted by atomic mass is 9.87. The monoisotopic (exact) mass is 317 g/mol. The predicted octanol–water partition coefficient (Wildman–Crippen LogP) is 5.59. The molecule has 2 N–H and O–H groups in total. The van der Waals surface area contributed by atoms with Crippen molar-refractivity contribution in [2.45, 2.75) is 84.6 Å². The number of hydrogen-bond acceptors (Lipinski definition) is 2. The minimum Gasteiger partial charge on any atom is -0.326 e. The van der Waals surface area contributed by atoms with Crippen LogP contribution < -0.4 is 5.73 Å². The Kier molecular flexibility index (Phi) is 9.86. The van der Waals surface area contributed by atoms with Crippen LogP contribution in [-0.2, 0) is 11.3 Å². The highest BCUT2D eigenvalue weighted by molar-refractivity contribution is 5.78. The maximum absolute atomic E-state index is 12.1. The first-order valence-electron chi connectivity index (χ1n) is 9.45. The summed E-state index contributed by atoms with van der Waals surface area (Å²) >= 11 is 0. The van der Waals surface area contributed by atoms with Gasteiger partial charge in [0.05, 0.1) is 0 Å². The van der Waals surface area contributed by atoms with Crippen molar-refractivity contribution in [3.8, 4) is 0 Å². The van der Waals surface area contributed by atoms with Gasteiger partial charge in [0.25, 0.3) is 0 Å². The van der Waals surface area contributed by atoms with Gasteiger partial charge in [-0.05, 0) is 42.2 Å². The van der Waals surface area contributed by atoms with Crippen molar-refractivity contribution in [1.29, 1.82) is 0 Å². The number of benzene rings is 1. The molecule has 2 heteroatoms. The molecule has 0 fully saturated rings. The molecule has 0 aliphatic carbocycles. The number of rotatable bonds is 12. The molecule has 1 atom stereocenters. The number of ketones is 1. The third-order valence-corrected chi connectivity index (χ3v) is 4.97. The summed E-state index contributed by atoms with van der Waals surface area (Å²) < 4.78 is 0. The lowest BCUT2D eigenvalue weighted by Gasteiger charge is -2.18. The van der Waals surface area contributed by atoms with Gasteiger partial charge in [0, 0.05) is 19.4 Å². The van der Waals surface area contributed by atoms with Crippen molar-refractivity contribution < 1.29 is 4.79 Å². The highest BCUT2D eigenvalue weighted by atomic mass is 16.1. The molecular weight excluding hydrogens is 282 g/mol. The third-order valence-electron chi connectivity index (χ3n) is 4.97. The molecule has 0 heterocycles. The van der Waals surface area contributed by atoms with Crippen LogP contribution in [0.1, 0.15) is 89.2 Å². The summed E-state index contributed by atoms with van der Waals surface area (Å²) in [4.78, 5) is 12.1. The van der Waals surface area contributed by atoms with Crippen LogP contribution in [0.25, 0.3) is 0 Å². The average Bonchev–Trinajstić information content (AvgIpc) is 2.59. The van der Waals surface area contributed by atoms with Crippen LogP contribution in [-0.4, -0.2) is 5.78 Å². The second kappa shape index (κ2) is 11.4. The van der Waals surface area contributed by atoms with E-state index in [0.29, 0.717) is 24.2 Å². The summed E-state index contributed by atoms with van der Waals surface area (Å²) in [6.45, 7) is 7.20. The molecule has 1 rings (SSSR count). The number of carbonyl (C=O) groups is 1. The molecule has 130 valence electrons. The molecule has 0 spiro atoms. The number of nitrogens with two attached hydrogens (primary N) is 1. The van der Waals surface area contributed by atoms with Crippen LogP contribution in [0.3, 0.4) is 0 Å². The minimum atomic E-state index is 0.449. The molecule has 2 nitrogen and oxygen atoms in total. The van der Waals surface area contributed by atoms with E-state index >= 15 is 0 Å². The molecule has 1 aromatic carbocycles. The Bertz CT molecular complexity index is 451. The highest BCUT2D eigenvalue weighted by Crippen LogP contribution is 2.28. The molecule has 0 saturated carbocycles. The van der Waals surface area contributed by atoms with Crippen molar-refractivity contribution in [1.82, 2.24) is 0 Å². The van der Waals surface area contributed by atoms with E-state index in [4.69, 9.17) is 5.73 Å². The molecule has 0 amide bonds. The quantitative estimate of drug-likeness (QED) is 0.545. The summed E-state index contributed by atoms with van der Waals surface area (Å²) in [5, 5.41) is 0. The van der Waals surface area contributed by atoms with E-state index in [1.165, 1.54) is 24.0 Å². The van der Waals surface area contributed by atoms with Crippen molar-refractivity contribution in [3.63, 3.8) is 0 Å². The molecule has 23 heavy (non-hydrogen) atoms. The molecule has 0 saturated heterocycles. The van der Waals surface area contributed by atoms with E-state index in [9.17, 15) is 4.79 Å². The van der Waals surface area contributed by atoms with Crippen LogP contribution in [0.15, 0.2) is 24.3 Å². The van der Waals surface area contributed by atoms with Gasteiger partial charge < -0.3 is 5.73 Å². The summed E-state index contributed by atoms with van der Waals surface area (Å²) in [5.41, 5.74) is 8.35. The van der Waals surface area contributed by atoms with Gasteiger partial charge in [-0.2, -0.15) is 0 Å². The molecular formula is C21H35NO. The average molecular weight is 318 g/mol. The molecule has 1 unspecified atom stereocenters. The van der Waals surface area contributed by atoms with E-state index < -0.39 is 0 Å². The minimum absolute atomic E-state index is 0.449. The van der Waals surface area contributed by atoms with Crippen LogP contribution in [0.4, 0.5) is 0 Å². The number of carbonyl (C=O) groups excluding carboxylic acids is 1. The van der Waals surface area contributed by atoms with Gasteiger partial charge in [0.2, 0.25) is 0 Å². The molecule has 0 aromatic heterocycles. The van der Waals surface area contributed by atoms with E-state index in [-0.39, 0.29) is 0 Å². The largest absolute Gasteiger partial charge is 0.326 e. The Hall–Kier alpha value is -1.15. The summed E-state index contributed by atoms with van der Waals surface area (Å²) in [7, 11) is 0. The van der Waals surface area contributed by atoms with Crippen LogP contribution in [0.2, 0.25) is 0 Å². The lowest BCUT2D eigenvalue weighted by molar-refractivity contribution is -0.120.